The molecule has 122 valence electrons. The van der Waals surface area contributed by atoms with Crippen molar-refractivity contribution in [2.45, 2.75) is 26.2 Å². The number of anilines is 1. The number of likely N-dealkylation sites (tertiary alicyclic amines) is 1. The molecule has 0 aromatic heterocycles. The van der Waals surface area contributed by atoms with Crippen LogP contribution in [0.3, 0.4) is 0 Å². The van der Waals surface area contributed by atoms with Gasteiger partial charge in [0.05, 0.1) is 5.41 Å². The van der Waals surface area contributed by atoms with Crippen LogP contribution in [0.4, 0.5) is 5.69 Å². The molecule has 1 aromatic carbocycles. The standard InChI is InChI=1S/C17H20N2O4/c1-17(16(22)23)7-9-18(11-17)15(21)12-4-2-5-13(10-12)19-8-3-6-14(19)20/h2,4-5,10H,3,6-9,11H2,1H3,(H,22,23)/t17-/m1/s1. The Morgan fingerprint density at radius 1 is 1.26 bits per heavy atom. The summed E-state index contributed by atoms with van der Waals surface area (Å²) in [5.41, 5.74) is 0.355. The van der Waals surface area contributed by atoms with Crippen molar-refractivity contribution in [3.05, 3.63) is 29.8 Å². The van der Waals surface area contributed by atoms with Crippen LogP contribution in [0.1, 0.15) is 36.5 Å². The molecule has 2 heterocycles. The van der Waals surface area contributed by atoms with Gasteiger partial charge in [-0.3, -0.25) is 14.4 Å². The molecule has 0 unspecified atom stereocenters. The monoisotopic (exact) mass is 316 g/mol. The quantitative estimate of drug-likeness (QED) is 0.921. The maximum absolute atomic E-state index is 12.6. The first-order chi connectivity index (χ1) is 10.9. The van der Waals surface area contributed by atoms with Gasteiger partial charge in [-0.05, 0) is 38.0 Å². The number of rotatable bonds is 3. The van der Waals surface area contributed by atoms with Crippen molar-refractivity contribution in [1.29, 1.82) is 0 Å². The highest BCUT2D eigenvalue weighted by Crippen LogP contribution is 2.31. The normalized spacial score (nSPS) is 24.3. The highest BCUT2D eigenvalue weighted by atomic mass is 16.4. The van der Waals surface area contributed by atoms with Crippen LogP contribution in [-0.4, -0.2) is 47.4 Å². The van der Waals surface area contributed by atoms with Crippen molar-refractivity contribution < 1.29 is 19.5 Å². The summed E-state index contributed by atoms with van der Waals surface area (Å²) in [6.07, 6.45) is 1.83. The molecule has 3 rings (SSSR count). The lowest BCUT2D eigenvalue weighted by Gasteiger charge is -2.21. The lowest BCUT2D eigenvalue weighted by Crippen LogP contribution is -2.35. The van der Waals surface area contributed by atoms with Gasteiger partial charge in [-0.25, -0.2) is 0 Å². The number of aliphatic carboxylic acids is 1. The van der Waals surface area contributed by atoms with Crippen molar-refractivity contribution in [3.8, 4) is 0 Å². The first kappa shape index (κ1) is 15.5. The summed E-state index contributed by atoms with van der Waals surface area (Å²) in [6.45, 7) is 3.00. The lowest BCUT2D eigenvalue weighted by atomic mass is 9.90. The van der Waals surface area contributed by atoms with E-state index in [4.69, 9.17) is 0 Å². The zero-order valence-corrected chi connectivity index (χ0v) is 13.1. The van der Waals surface area contributed by atoms with E-state index in [1.165, 1.54) is 0 Å². The van der Waals surface area contributed by atoms with Crippen molar-refractivity contribution in [2.75, 3.05) is 24.5 Å². The summed E-state index contributed by atoms with van der Waals surface area (Å²) >= 11 is 0. The molecule has 1 aromatic rings. The molecule has 0 radical (unpaired) electrons. The fourth-order valence-electron chi connectivity index (χ4n) is 3.22. The Bertz CT molecular complexity index is 672. The predicted octanol–water partition coefficient (Wildman–Crippen LogP) is 1.75. The first-order valence-corrected chi connectivity index (χ1v) is 7.84. The third-order valence-corrected chi connectivity index (χ3v) is 4.76. The van der Waals surface area contributed by atoms with Crippen LogP contribution in [0.5, 0.6) is 0 Å². The van der Waals surface area contributed by atoms with Gasteiger partial charge in [-0.2, -0.15) is 0 Å². The van der Waals surface area contributed by atoms with Gasteiger partial charge in [0.2, 0.25) is 5.91 Å². The van der Waals surface area contributed by atoms with Gasteiger partial charge in [0.25, 0.3) is 5.91 Å². The van der Waals surface area contributed by atoms with Crippen LogP contribution < -0.4 is 4.90 Å². The Morgan fingerprint density at radius 3 is 2.65 bits per heavy atom. The highest BCUT2D eigenvalue weighted by Gasteiger charge is 2.42. The number of nitrogens with zero attached hydrogens (tertiary/aromatic N) is 2. The summed E-state index contributed by atoms with van der Waals surface area (Å²) < 4.78 is 0. The van der Waals surface area contributed by atoms with Gasteiger partial charge in [0.15, 0.2) is 0 Å². The Morgan fingerprint density at radius 2 is 2.04 bits per heavy atom. The number of carboxylic acids is 1. The van der Waals surface area contributed by atoms with Crippen molar-refractivity contribution >= 4 is 23.5 Å². The molecule has 1 N–H and O–H groups in total. The minimum absolute atomic E-state index is 0.0780. The first-order valence-electron chi connectivity index (χ1n) is 7.84. The second-order valence-corrected chi connectivity index (χ2v) is 6.54. The molecule has 2 amide bonds. The smallest absolute Gasteiger partial charge is 0.311 e. The van der Waals surface area contributed by atoms with Gasteiger partial charge < -0.3 is 14.9 Å². The maximum Gasteiger partial charge on any atom is 0.311 e. The van der Waals surface area contributed by atoms with Gasteiger partial charge >= 0.3 is 5.97 Å². The van der Waals surface area contributed by atoms with E-state index in [0.29, 0.717) is 31.5 Å². The Hall–Kier alpha value is -2.37. The SMILES string of the molecule is C[C@@]1(C(=O)O)CCN(C(=O)c2cccc(N3CCCC3=O)c2)C1. The molecule has 2 aliphatic heterocycles. The second kappa shape index (κ2) is 5.68. The summed E-state index contributed by atoms with van der Waals surface area (Å²) in [5, 5.41) is 9.28. The van der Waals surface area contributed by atoms with Gasteiger partial charge in [-0.15, -0.1) is 0 Å². The zero-order chi connectivity index (χ0) is 16.6. The van der Waals surface area contributed by atoms with E-state index in [1.807, 2.05) is 6.07 Å². The molecule has 2 fully saturated rings. The summed E-state index contributed by atoms with van der Waals surface area (Å²) in [5.74, 6) is -0.970. The number of carboxylic acid groups (broad SMARTS) is 1. The molecular weight excluding hydrogens is 296 g/mol. The van der Waals surface area contributed by atoms with Crippen molar-refractivity contribution in [3.63, 3.8) is 0 Å². The number of benzene rings is 1. The van der Waals surface area contributed by atoms with E-state index in [-0.39, 0.29) is 18.4 Å². The number of amides is 2. The molecule has 23 heavy (non-hydrogen) atoms. The summed E-state index contributed by atoms with van der Waals surface area (Å²) in [6, 6.07) is 7.02. The number of carbonyl (C=O) groups excluding carboxylic acids is 2. The molecule has 2 saturated heterocycles. The van der Waals surface area contributed by atoms with Crippen LogP contribution >= 0.6 is 0 Å². The summed E-state index contributed by atoms with van der Waals surface area (Å²) in [4.78, 5) is 39.1. The molecular formula is C17H20N2O4. The van der Waals surface area contributed by atoms with E-state index in [1.54, 1.807) is 34.9 Å². The molecule has 6 nitrogen and oxygen atoms in total. The average Bonchev–Trinajstić information content (AvgIpc) is 3.14. The van der Waals surface area contributed by atoms with Crippen LogP contribution in [0.15, 0.2) is 24.3 Å². The number of carbonyl (C=O) groups is 3. The molecule has 0 bridgehead atoms. The zero-order valence-electron chi connectivity index (χ0n) is 13.1. The molecule has 0 aliphatic carbocycles. The van der Waals surface area contributed by atoms with E-state index < -0.39 is 11.4 Å². The maximum atomic E-state index is 12.6. The fourth-order valence-corrected chi connectivity index (χ4v) is 3.22. The molecule has 0 spiro atoms. The van der Waals surface area contributed by atoms with E-state index in [0.717, 1.165) is 12.1 Å². The van der Waals surface area contributed by atoms with Crippen LogP contribution in [-0.2, 0) is 9.59 Å². The lowest BCUT2D eigenvalue weighted by molar-refractivity contribution is -0.147. The third kappa shape index (κ3) is 2.81. The molecule has 6 heteroatoms. The van der Waals surface area contributed by atoms with Crippen molar-refractivity contribution in [1.82, 2.24) is 4.90 Å². The molecule has 2 aliphatic rings. The molecule has 0 saturated carbocycles. The second-order valence-electron chi connectivity index (χ2n) is 6.54. The predicted molar refractivity (Wildman–Crippen MR) is 84.3 cm³/mol. The van der Waals surface area contributed by atoms with Gasteiger partial charge in [-0.1, -0.05) is 6.07 Å². The fraction of sp³-hybridized carbons (Fsp3) is 0.471. The minimum atomic E-state index is -0.877. The average molecular weight is 316 g/mol. The number of hydrogen-bond acceptors (Lipinski definition) is 3. The number of hydrogen-bond donors (Lipinski definition) is 1. The Balaban J connectivity index is 1.78. The molecule has 1 atom stereocenters. The van der Waals surface area contributed by atoms with E-state index in [2.05, 4.69) is 0 Å². The topological polar surface area (TPSA) is 77.9 Å². The van der Waals surface area contributed by atoms with E-state index >= 15 is 0 Å². The van der Waals surface area contributed by atoms with Crippen LogP contribution in [0.25, 0.3) is 0 Å². The summed E-state index contributed by atoms with van der Waals surface area (Å²) in [7, 11) is 0. The minimum Gasteiger partial charge on any atom is -0.481 e. The highest BCUT2D eigenvalue weighted by molar-refractivity contribution is 5.99. The van der Waals surface area contributed by atoms with Gasteiger partial charge in [0.1, 0.15) is 0 Å². The Labute approximate surface area is 134 Å². The van der Waals surface area contributed by atoms with E-state index in [9.17, 15) is 19.5 Å². The Kier molecular flexibility index (Phi) is 3.83. The third-order valence-electron chi connectivity index (χ3n) is 4.76. The van der Waals surface area contributed by atoms with Crippen LogP contribution in [0.2, 0.25) is 0 Å². The van der Waals surface area contributed by atoms with Gasteiger partial charge in [0, 0.05) is 37.3 Å². The van der Waals surface area contributed by atoms with Crippen molar-refractivity contribution in [2.24, 2.45) is 5.41 Å². The van der Waals surface area contributed by atoms with Crippen LogP contribution in [0, 0.1) is 5.41 Å². The largest absolute Gasteiger partial charge is 0.481 e.